The highest BCUT2D eigenvalue weighted by molar-refractivity contribution is 5.99. The molecular weight excluding hydrogens is 290 g/mol. The van der Waals surface area contributed by atoms with Crippen LogP contribution in [0, 0.1) is 0 Å². The first-order valence-electron chi connectivity index (χ1n) is 8.66. The van der Waals surface area contributed by atoms with Crippen LogP contribution in [-0.4, -0.2) is 4.98 Å². The van der Waals surface area contributed by atoms with E-state index in [0.717, 1.165) is 0 Å². The van der Waals surface area contributed by atoms with Crippen LogP contribution in [0.3, 0.4) is 0 Å². The lowest BCUT2D eigenvalue weighted by Crippen LogP contribution is -2.13. The lowest BCUT2D eigenvalue weighted by atomic mass is 9.79. The van der Waals surface area contributed by atoms with Crippen molar-refractivity contribution in [2.24, 2.45) is 0 Å². The predicted octanol–water partition coefficient (Wildman–Crippen LogP) is 6.50. The van der Waals surface area contributed by atoms with Crippen molar-refractivity contribution in [3.63, 3.8) is 0 Å². The standard InChI is InChI=1S/C23H27N/c1-22(2,3)18-8-9-19-17(15-18)7-10-20(23(4,5)6)21(19)16-11-13-24-14-12-16/h7-15H,1-6H3. The van der Waals surface area contributed by atoms with Crippen LogP contribution in [0.2, 0.25) is 0 Å². The summed E-state index contributed by atoms with van der Waals surface area (Å²) >= 11 is 0. The van der Waals surface area contributed by atoms with Crippen LogP contribution < -0.4 is 0 Å². The van der Waals surface area contributed by atoms with Gasteiger partial charge in [-0.1, -0.05) is 71.9 Å². The Morgan fingerprint density at radius 2 is 1.38 bits per heavy atom. The summed E-state index contributed by atoms with van der Waals surface area (Å²) in [7, 11) is 0. The molecule has 0 saturated heterocycles. The number of nitrogens with zero attached hydrogens (tertiary/aromatic N) is 1. The molecular formula is C23H27N. The van der Waals surface area contributed by atoms with Gasteiger partial charge in [-0.05, 0) is 56.0 Å². The minimum absolute atomic E-state index is 0.0927. The smallest absolute Gasteiger partial charge is 0.0273 e. The van der Waals surface area contributed by atoms with Crippen LogP contribution in [0.25, 0.3) is 21.9 Å². The SMILES string of the molecule is CC(C)(C)c1ccc2c(-c3ccncc3)c(C(C)(C)C)ccc2c1. The fraction of sp³-hybridized carbons (Fsp3) is 0.348. The van der Waals surface area contributed by atoms with Crippen LogP contribution in [0.5, 0.6) is 0 Å². The fourth-order valence-electron chi connectivity index (χ4n) is 3.25. The second-order valence-electron chi connectivity index (χ2n) is 8.66. The molecule has 1 heteroatoms. The average Bonchev–Trinajstić information content (AvgIpc) is 2.52. The molecule has 3 rings (SSSR count). The second kappa shape index (κ2) is 5.73. The molecule has 3 aromatic rings. The summed E-state index contributed by atoms with van der Waals surface area (Å²) in [4.78, 5) is 4.19. The Labute approximate surface area is 145 Å². The largest absolute Gasteiger partial charge is 0.265 e. The number of aromatic nitrogens is 1. The Hall–Kier alpha value is -2.15. The van der Waals surface area contributed by atoms with E-state index in [1.165, 1.54) is 33.0 Å². The Kier molecular flexibility index (Phi) is 3.99. The molecule has 24 heavy (non-hydrogen) atoms. The molecule has 1 aromatic heterocycles. The van der Waals surface area contributed by atoms with Crippen LogP contribution in [0.15, 0.2) is 54.9 Å². The van der Waals surface area contributed by atoms with E-state index >= 15 is 0 Å². The molecule has 0 aliphatic rings. The molecule has 0 amide bonds. The highest BCUT2D eigenvalue weighted by Gasteiger charge is 2.21. The summed E-state index contributed by atoms with van der Waals surface area (Å²) in [5.41, 5.74) is 5.58. The first kappa shape index (κ1) is 16.7. The molecule has 0 aliphatic carbocycles. The van der Waals surface area contributed by atoms with Crippen molar-refractivity contribution in [2.75, 3.05) is 0 Å². The Morgan fingerprint density at radius 1 is 0.708 bits per heavy atom. The Bertz CT molecular complexity index is 862. The van der Waals surface area contributed by atoms with Gasteiger partial charge >= 0.3 is 0 Å². The van der Waals surface area contributed by atoms with Crippen molar-refractivity contribution in [2.45, 2.75) is 52.4 Å². The number of hydrogen-bond acceptors (Lipinski definition) is 1. The summed E-state index contributed by atoms with van der Waals surface area (Å²) < 4.78 is 0. The molecule has 0 radical (unpaired) electrons. The summed E-state index contributed by atoms with van der Waals surface area (Å²) in [6.07, 6.45) is 3.76. The molecule has 0 spiro atoms. The monoisotopic (exact) mass is 317 g/mol. The number of fused-ring (bicyclic) bond motifs is 1. The maximum atomic E-state index is 4.19. The van der Waals surface area contributed by atoms with Crippen molar-refractivity contribution in [3.8, 4) is 11.1 Å². The van der Waals surface area contributed by atoms with Gasteiger partial charge in [0, 0.05) is 12.4 Å². The van der Waals surface area contributed by atoms with Gasteiger partial charge < -0.3 is 0 Å². The van der Waals surface area contributed by atoms with E-state index in [0.29, 0.717) is 0 Å². The molecule has 0 saturated carbocycles. The zero-order valence-corrected chi connectivity index (χ0v) is 15.6. The second-order valence-corrected chi connectivity index (χ2v) is 8.66. The van der Waals surface area contributed by atoms with Gasteiger partial charge in [0.25, 0.3) is 0 Å². The van der Waals surface area contributed by atoms with E-state index < -0.39 is 0 Å². The highest BCUT2D eigenvalue weighted by atomic mass is 14.6. The molecule has 0 atom stereocenters. The third kappa shape index (κ3) is 3.08. The lowest BCUT2D eigenvalue weighted by Gasteiger charge is -2.26. The third-order valence-electron chi connectivity index (χ3n) is 4.66. The lowest BCUT2D eigenvalue weighted by molar-refractivity contribution is 0.590. The molecule has 0 unspecified atom stereocenters. The van der Waals surface area contributed by atoms with Crippen molar-refractivity contribution in [1.29, 1.82) is 0 Å². The minimum Gasteiger partial charge on any atom is -0.265 e. The van der Waals surface area contributed by atoms with Crippen LogP contribution in [0.1, 0.15) is 52.7 Å². The normalized spacial score (nSPS) is 12.6. The Balaban J connectivity index is 2.35. The zero-order chi connectivity index (χ0) is 17.5. The van der Waals surface area contributed by atoms with Crippen LogP contribution in [0.4, 0.5) is 0 Å². The molecule has 2 aromatic carbocycles. The molecule has 0 fully saturated rings. The van der Waals surface area contributed by atoms with E-state index in [1.807, 2.05) is 12.4 Å². The van der Waals surface area contributed by atoms with Gasteiger partial charge in [0.2, 0.25) is 0 Å². The van der Waals surface area contributed by atoms with Crippen molar-refractivity contribution in [3.05, 3.63) is 66.0 Å². The molecule has 1 heterocycles. The van der Waals surface area contributed by atoms with Crippen molar-refractivity contribution in [1.82, 2.24) is 4.98 Å². The van der Waals surface area contributed by atoms with E-state index in [9.17, 15) is 0 Å². The molecule has 0 bridgehead atoms. The number of rotatable bonds is 1. The quantitative estimate of drug-likeness (QED) is 0.499. The highest BCUT2D eigenvalue weighted by Crippen LogP contribution is 2.39. The fourth-order valence-corrected chi connectivity index (χ4v) is 3.25. The summed E-state index contributed by atoms with van der Waals surface area (Å²) in [5, 5.41) is 2.63. The average molecular weight is 317 g/mol. The zero-order valence-electron chi connectivity index (χ0n) is 15.6. The van der Waals surface area contributed by atoms with Gasteiger partial charge in [-0.3, -0.25) is 4.98 Å². The van der Waals surface area contributed by atoms with E-state index in [-0.39, 0.29) is 10.8 Å². The van der Waals surface area contributed by atoms with Gasteiger partial charge in [-0.25, -0.2) is 0 Å². The van der Waals surface area contributed by atoms with Crippen LogP contribution in [-0.2, 0) is 10.8 Å². The van der Waals surface area contributed by atoms with E-state index in [1.54, 1.807) is 0 Å². The number of benzene rings is 2. The summed E-state index contributed by atoms with van der Waals surface area (Å²) in [6, 6.07) is 15.7. The predicted molar refractivity (Wildman–Crippen MR) is 105 cm³/mol. The van der Waals surface area contributed by atoms with Crippen molar-refractivity contribution < 1.29 is 0 Å². The number of hydrogen-bond donors (Lipinski definition) is 0. The minimum atomic E-state index is 0.0927. The first-order valence-corrected chi connectivity index (χ1v) is 8.66. The molecule has 0 aliphatic heterocycles. The maximum Gasteiger partial charge on any atom is 0.0273 e. The molecule has 1 nitrogen and oxygen atoms in total. The van der Waals surface area contributed by atoms with Gasteiger partial charge in [-0.2, -0.15) is 0 Å². The summed E-state index contributed by atoms with van der Waals surface area (Å²) in [6.45, 7) is 13.6. The first-order chi connectivity index (χ1) is 11.2. The Morgan fingerprint density at radius 3 is 1.96 bits per heavy atom. The molecule has 124 valence electrons. The van der Waals surface area contributed by atoms with E-state index in [2.05, 4.69) is 89.0 Å². The van der Waals surface area contributed by atoms with Crippen molar-refractivity contribution >= 4 is 10.8 Å². The topological polar surface area (TPSA) is 12.9 Å². The number of pyridine rings is 1. The van der Waals surface area contributed by atoms with Gasteiger partial charge in [0.15, 0.2) is 0 Å². The summed E-state index contributed by atoms with van der Waals surface area (Å²) in [5.74, 6) is 0. The van der Waals surface area contributed by atoms with Gasteiger partial charge in [0.1, 0.15) is 0 Å². The molecule has 0 N–H and O–H groups in total. The van der Waals surface area contributed by atoms with Crippen LogP contribution >= 0.6 is 0 Å². The van der Waals surface area contributed by atoms with Gasteiger partial charge in [-0.15, -0.1) is 0 Å². The maximum absolute atomic E-state index is 4.19. The van der Waals surface area contributed by atoms with E-state index in [4.69, 9.17) is 0 Å². The van der Waals surface area contributed by atoms with Gasteiger partial charge in [0.05, 0.1) is 0 Å². The third-order valence-corrected chi connectivity index (χ3v) is 4.66.